The molecule has 2 aliphatic rings. The van der Waals surface area contributed by atoms with E-state index in [-0.39, 0.29) is 0 Å². The highest BCUT2D eigenvalue weighted by Gasteiger charge is 2.27. The highest BCUT2D eigenvalue weighted by atomic mass is 15.1. The van der Waals surface area contributed by atoms with Gasteiger partial charge in [-0.15, -0.1) is 0 Å². The number of hydrogen-bond donors (Lipinski definition) is 1. The lowest BCUT2D eigenvalue weighted by Gasteiger charge is -2.32. The first kappa shape index (κ1) is 11.4. The molecule has 0 aromatic heterocycles. The number of piperidine rings is 1. The van der Waals surface area contributed by atoms with Crippen molar-refractivity contribution in [3.63, 3.8) is 0 Å². The van der Waals surface area contributed by atoms with E-state index in [9.17, 15) is 0 Å². The molecule has 1 N–H and O–H groups in total. The number of nitrogens with zero attached hydrogens (tertiary/aromatic N) is 1. The zero-order valence-corrected chi connectivity index (χ0v) is 10.3. The van der Waals surface area contributed by atoms with Crippen molar-refractivity contribution in [2.24, 2.45) is 5.92 Å². The Balaban J connectivity index is 1.59. The summed E-state index contributed by atoms with van der Waals surface area (Å²) in [4.78, 5) is 2.55. The van der Waals surface area contributed by atoms with Crippen LogP contribution in [0.5, 0.6) is 0 Å². The molecule has 0 aromatic carbocycles. The van der Waals surface area contributed by atoms with Gasteiger partial charge in [-0.1, -0.05) is 6.42 Å². The Morgan fingerprint density at radius 3 is 2.73 bits per heavy atom. The summed E-state index contributed by atoms with van der Waals surface area (Å²) >= 11 is 0. The van der Waals surface area contributed by atoms with Crippen LogP contribution in [0.4, 0.5) is 0 Å². The molecule has 88 valence electrons. The second kappa shape index (κ2) is 5.31. The van der Waals surface area contributed by atoms with Gasteiger partial charge in [0.15, 0.2) is 0 Å². The SMILES string of the molecule is CC(NCCC1CCCCN1C)C1CC1. The van der Waals surface area contributed by atoms with Crippen molar-refractivity contribution in [1.82, 2.24) is 10.2 Å². The van der Waals surface area contributed by atoms with Crippen LogP contribution in [0, 0.1) is 5.92 Å². The van der Waals surface area contributed by atoms with E-state index < -0.39 is 0 Å². The maximum absolute atomic E-state index is 3.69. The lowest BCUT2D eigenvalue weighted by molar-refractivity contribution is 0.174. The minimum atomic E-state index is 0.763. The van der Waals surface area contributed by atoms with E-state index in [1.807, 2.05) is 0 Å². The fraction of sp³-hybridized carbons (Fsp3) is 1.00. The van der Waals surface area contributed by atoms with Gasteiger partial charge in [-0.25, -0.2) is 0 Å². The molecule has 2 rings (SSSR count). The van der Waals surface area contributed by atoms with E-state index >= 15 is 0 Å². The second-order valence-corrected chi connectivity index (χ2v) is 5.50. The van der Waals surface area contributed by atoms with Crippen LogP contribution < -0.4 is 5.32 Å². The number of likely N-dealkylation sites (tertiary alicyclic amines) is 1. The Bertz CT molecular complexity index is 189. The van der Waals surface area contributed by atoms with Crippen molar-refractivity contribution in [2.75, 3.05) is 20.1 Å². The summed E-state index contributed by atoms with van der Waals surface area (Å²) in [7, 11) is 2.29. The fourth-order valence-corrected chi connectivity index (χ4v) is 2.75. The standard InChI is InChI=1S/C13H26N2/c1-11(12-6-7-12)14-9-8-13-5-3-4-10-15(13)2/h11-14H,3-10H2,1-2H3. The number of nitrogens with one attached hydrogen (secondary N) is 1. The molecule has 1 aliphatic heterocycles. The van der Waals surface area contributed by atoms with Gasteiger partial charge in [0.25, 0.3) is 0 Å². The molecule has 1 saturated heterocycles. The van der Waals surface area contributed by atoms with Crippen LogP contribution in [0.3, 0.4) is 0 Å². The molecule has 1 aliphatic carbocycles. The first-order valence-corrected chi connectivity index (χ1v) is 6.71. The van der Waals surface area contributed by atoms with Gasteiger partial charge in [-0.2, -0.15) is 0 Å². The lowest BCUT2D eigenvalue weighted by Crippen LogP contribution is -2.39. The molecule has 2 fully saturated rings. The molecule has 0 aromatic rings. The molecule has 2 nitrogen and oxygen atoms in total. The molecule has 0 spiro atoms. The van der Waals surface area contributed by atoms with Gasteiger partial charge in [-0.3, -0.25) is 0 Å². The lowest BCUT2D eigenvalue weighted by atomic mass is 10.00. The van der Waals surface area contributed by atoms with Crippen molar-refractivity contribution >= 4 is 0 Å². The third-order valence-corrected chi connectivity index (χ3v) is 4.19. The Morgan fingerprint density at radius 1 is 1.27 bits per heavy atom. The second-order valence-electron chi connectivity index (χ2n) is 5.50. The third-order valence-electron chi connectivity index (χ3n) is 4.19. The smallest absolute Gasteiger partial charge is 0.0104 e. The fourth-order valence-electron chi connectivity index (χ4n) is 2.75. The molecule has 0 amide bonds. The molecule has 0 bridgehead atoms. The molecule has 2 heteroatoms. The minimum Gasteiger partial charge on any atom is -0.314 e. The summed E-state index contributed by atoms with van der Waals surface area (Å²) in [5.74, 6) is 0.995. The average molecular weight is 210 g/mol. The predicted molar refractivity (Wildman–Crippen MR) is 65.1 cm³/mol. The van der Waals surface area contributed by atoms with E-state index in [1.165, 1.54) is 51.6 Å². The maximum atomic E-state index is 3.69. The molecule has 1 heterocycles. The zero-order chi connectivity index (χ0) is 10.7. The maximum Gasteiger partial charge on any atom is 0.0104 e. The summed E-state index contributed by atoms with van der Waals surface area (Å²) in [6, 6.07) is 1.61. The summed E-state index contributed by atoms with van der Waals surface area (Å²) in [6.45, 7) is 4.87. The Labute approximate surface area is 94.4 Å². The van der Waals surface area contributed by atoms with Crippen LogP contribution >= 0.6 is 0 Å². The third kappa shape index (κ3) is 3.46. The van der Waals surface area contributed by atoms with E-state index in [2.05, 4.69) is 24.2 Å². The van der Waals surface area contributed by atoms with Crippen molar-refractivity contribution in [1.29, 1.82) is 0 Å². The molecule has 1 saturated carbocycles. The minimum absolute atomic E-state index is 0.763. The Kier molecular flexibility index (Phi) is 4.04. The molecule has 15 heavy (non-hydrogen) atoms. The first-order chi connectivity index (χ1) is 7.27. The first-order valence-electron chi connectivity index (χ1n) is 6.71. The topological polar surface area (TPSA) is 15.3 Å². The van der Waals surface area contributed by atoms with Gasteiger partial charge in [0, 0.05) is 12.1 Å². The molecular formula is C13H26N2. The van der Waals surface area contributed by atoms with Crippen molar-refractivity contribution in [3.8, 4) is 0 Å². The highest BCUT2D eigenvalue weighted by Crippen LogP contribution is 2.32. The van der Waals surface area contributed by atoms with Crippen LogP contribution in [-0.4, -0.2) is 37.1 Å². The quantitative estimate of drug-likeness (QED) is 0.749. The Hall–Kier alpha value is -0.0800. The van der Waals surface area contributed by atoms with Crippen LogP contribution in [-0.2, 0) is 0 Å². The summed E-state index contributed by atoms with van der Waals surface area (Å²) < 4.78 is 0. The zero-order valence-electron chi connectivity index (χ0n) is 10.3. The van der Waals surface area contributed by atoms with E-state index in [1.54, 1.807) is 0 Å². The normalized spacial score (nSPS) is 30.4. The molecule has 2 atom stereocenters. The highest BCUT2D eigenvalue weighted by molar-refractivity contribution is 4.84. The van der Waals surface area contributed by atoms with Crippen LogP contribution in [0.25, 0.3) is 0 Å². The van der Waals surface area contributed by atoms with Crippen LogP contribution in [0.1, 0.15) is 45.4 Å². The van der Waals surface area contributed by atoms with Crippen LogP contribution in [0.15, 0.2) is 0 Å². The van der Waals surface area contributed by atoms with Crippen molar-refractivity contribution in [2.45, 2.75) is 57.5 Å². The summed E-state index contributed by atoms with van der Waals surface area (Å²) in [5, 5.41) is 3.69. The van der Waals surface area contributed by atoms with Gasteiger partial charge in [0.1, 0.15) is 0 Å². The number of rotatable bonds is 5. The predicted octanol–water partition coefficient (Wildman–Crippen LogP) is 2.25. The van der Waals surface area contributed by atoms with Gasteiger partial charge >= 0.3 is 0 Å². The molecular weight excluding hydrogens is 184 g/mol. The van der Waals surface area contributed by atoms with E-state index in [0.717, 1.165) is 18.0 Å². The van der Waals surface area contributed by atoms with E-state index in [0.29, 0.717) is 0 Å². The summed E-state index contributed by atoms with van der Waals surface area (Å²) in [5.41, 5.74) is 0. The van der Waals surface area contributed by atoms with Gasteiger partial charge in [0.05, 0.1) is 0 Å². The van der Waals surface area contributed by atoms with Gasteiger partial charge < -0.3 is 10.2 Å². The Morgan fingerprint density at radius 2 is 2.07 bits per heavy atom. The summed E-state index contributed by atoms with van der Waals surface area (Å²) in [6.07, 6.45) is 8.50. The van der Waals surface area contributed by atoms with Gasteiger partial charge in [-0.05, 0) is 65.1 Å². The molecule has 0 radical (unpaired) electrons. The van der Waals surface area contributed by atoms with Crippen molar-refractivity contribution < 1.29 is 0 Å². The molecule has 2 unspecified atom stereocenters. The largest absolute Gasteiger partial charge is 0.314 e. The monoisotopic (exact) mass is 210 g/mol. The average Bonchev–Trinajstić information content (AvgIpc) is 3.04. The van der Waals surface area contributed by atoms with Gasteiger partial charge in [0.2, 0.25) is 0 Å². The number of hydrogen-bond acceptors (Lipinski definition) is 2. The van der Waals surface area contributed by atoms with Crippen LogP contribution in [0.2, 0.25) is 0 Å². The van der Waals surface area contributed by atoms with Crippen molar-refractivity contribution in [3.05, 3.63) is 0 Å². The van der Waals surface area contributed by atoms with E-state index in [4.69, 9.17) is 0 Å².